The molecule has 0 radical (unpaired) electrons. The number of phenolic OH excluding ortho intramolecular Hbond substituents is 1. The third-order valence-electron chi connectivity index (χ3n) is 3.95. The molecule has 0 saturated carbocycles. The van der Waals surface area contributed by atoms with Crippen LogP contribution in [-0.4, -0.2) is 17.1 Å². The molecule has 0 aliphatic heterocycles. The van der Waals surface area contributed by atoms with Crippen LogP contribution in [0.1, 0.15) is 5.56 Å². The molecular formula is C19H15I2NO4. The van der Waals surface area contributed by atoms with Gasteiger partial charge >= 0.3 is 0 Å². The average molecular weight is 575 g/mol. The van der Waals surface area contributed by atoms with Crippen LogP contribution in [0.2, 0.25) is 0 Å². The molecule has 0 aliphatic carbocycles. The maximum absolute atomic E-state index is 10.9. The first-order valence-electron chi connectivity index (χ1n) is 7.77. The van der Waals surface area contributed by atoms with Crippen molar-refractivity contribution in [3.05, 3.63) is 61.2 Å². The molecule has 1 atom stereocenters. The minimum absolute atomic E-state index is 0.205. The number of phenols is 1. The van der Waals surface area contributed by atoms with Crippen LogP contribution in [-0.2, 0) is 11.2 Å². The van der Waals surface area contributed by atoms with Gasteiger partial charge in [0.15, 0.2) is 5.75 Å². The van der Waals surface area contributed by atoms with Crippen molar-refractivity contribution >= 4 is 61.9 Å². The molecule has 4 N–H and O–H groups in total. The van der Waals surface area contributed by atoms with Crippen LogP contribution in [0.25, 0.3) is 10.8 Å². The number of quaternary nitrogens is 1. The summed E-state index contributed by atoms with van der Waals surface area (Å²) in [6.07, 6.45) is 0.302. The van der Waals surface area contributed by atoms with E-state index in [0.29, 0.717) is 17.9 Å². The number of aliphatic carboxylic acids is 1. The Labute approximate surface area is 177 Å². The number of carbonyl (C=O) groups excluding carboxylic acids is 1. The van der Waals surface area contributed by atoms with Crippen LogP contribution >= 0.6 is 45.2 Å². The van der Waals surface area contributed by atoms with E-state index in [0.717, 1.165) is 23.5 Å². The van der Waals surface area contributed by atoms with Crippen molar-refractivity contribution in [1.29, 1.82) is 0 Å². The smallest absolute Gasteiger partial charge is 0.154 e. The number of hydrogen-bond donors (Lipinski definition) is 2. The number of fused-ring (bicyclic) bond motifs is 1. The lowest BCUT2D eigenvalue weighted by Gasteiger charge is -2.15. The molecule has 0 heterocycles. The maximum Gasteiger partial charge on any atom is 0.154 e. The summed E-state index contributed by atoms with van der Waals surface area (Å²) in [6.45, 7) is 0. The second kappa shape index (κ2) is 7.97. The molecule has 134 valence electrons. The molecule has 0 spiro atoms. The van der Waals surface area contributed by atoms with Crippen LogP contribution in [0, 0.1) is 7.14 Å². The summed E-state index contributed by atoms with van der Waals surface area (Å²) in [6, 6.07) is 13.8. The topological polar surface area (TPSA) is 97.2 Å². The van der Waals surface area contributed by atoms with Gasteiger partial charge in [-0.15, -0.1) is 0 Å². The Morgan fingerprint density at radius 3 is 2.35 bits per heavy atom. The fourth-order valence-electron chi connectivity index (χ4n) is 2.65. The zero-order valence-corrected chi connectivity index (χ0v) is 17.9. The standard InChI is InChI=1S/C19H15I2NO4/c20-13-7-10(9-15(22)19(24)25)8-14(21)18(13)26-17-6-5-16(23)11-3-1-2-4-12(11)17/h1-8,15,23H,9,22H2,(H,24,25). The molecule has 0 aliphatic rings. The average Bonchev–Trinajstić information content (AvgIpc) is 2.60. The summed E-state index contributed by atoms with van der Waals surface area (Å²) in [5, 5.41) is 22.5. The molecule has 0 fully saturated rings. The first-order valence-corrected chi connectivity index (χ1v) is 9.93. The number of rotatable bonds is 5. The Balaban J connectivity index is 1.96. The van der Waals surface area contributed by atoms with E-state index in [2.05, 4.69) is 50.9 Å². The highest BCUT2D eigenvalue weighted by Crippen LogP contribution is 2.38. The van der Waals surface area contributed by atoms with E-state index < -0.39 is 12.0 Å². The Hall–Kier alpha value is -1.59. The molecule has 0 amide bonds. The van der Waals surface area contributed by atoms with Gasteiger partial charge in [0.1, 0.15) is 17.5 Å². The monoisotopic (exact) mass is 575 g/mol. The molecular weight excluding hydrogens is 560 g/mol. The minimum Gasteiger partial charge on any atom is -0.544 e. The third-order valence-corrected chi connectivity index (χ3v) is 5.55. The summed E-state index contributed by atoms with van der Waals surface area (Å²) in [4.78, 5) is 10.9. The van der Waals surface area contributed by atoms with Gasteiger partial charge in [0.05, 0.1) is 13.1 Å². The highest BCUT2D eigenvalue weighted by molar-refractivity contribution is 14.1. The lowest BCUT2D eigenvalue weighted by Crippen LogP contribution is -2.69. The van der Waals surface area contributed by atoms with Gasteiger partial charge in [-0.2, -0.15) is 0 Å². The van der Waals surface area contributed by atoms with E-state index in [4.69, 9.17) is 4.74 Å². The van der Waals surface area contributed by atoms with Gasteiger partial charge in [0.25, 0.3) is 0 Å². The first-order chi connectivity index (χ1) is 12.4. The molecule has 1 unspecified atom stereocenters. The van der Waals surface area contributed by atoms with Crippen molar-refractivity contribution in [3.8, 4) is 17.2 Å². The van der Waals surface area contributed by atoms with Crippen molar-refractivity contribution in [3.63, 3.8) is 0 Å². The van der Waals surface area contributed by atoms with Gasteiger partial charge in [-0.05, 0) is 75.0 Å². The number of aromatic hydroxyl groups is 1. The Bertz CT molecular complexity index is 967. The van der Waals surface area contributed by atoms with Gasteiger partial charge in [0.2, 0.25) is 0 Å². The Morgan fingerprint density at radius 2 is 1.73 bits per heavy atom. The van der Waals surface area contributed by atoms with Gasteiger partial charge < -0.3 is 25.5 Å². The third kappa shape index (κ3) is 4.04. The molecule has 0 aromatic heterocycles. The van der Waals surface area contributed by atoms with Gasteiger partial charge in [-0.3, -0.25) is 0 Å². The van der Waals surface area contributed by atoms with E-state index in [1.807, 2.05) is 36.4 Å². The van der Waals surface area contributed by atoms with E-state index >= 15 is 0 Å². The normalized spacial score (nSPS) is 12.1. The number of carboxylic acid groups (broad SMARTS) is 1. The lowest BCUT2D eigenvalue weighted by atomic mass is 10.1. The van der Waals surface area contributed by atoms with Crippen LogP contribution < -0.4 is 15.6 Å². The van der Waals surface area contributed by atoms with Crippen molar-refractivity contribution in [1.82, 2.24) is 0 Å². The molecule has 3 aromatic rings. The van der Waals surface area contributed by atoms with Crippen molar-refractivity contribution in [2.45, 2.75) is 12.5 Å². The van der Waals surface area contributed by atoms with E-state index in [1.54, 1.807) is 12.1 Å². The molecule has 7 heteroatoms. The number of carbonyl (C=O) groups is 1. The van der Waals surface area contributed by atoms with E-state index in [9.17, 15) is 15.0 Å². The van der Waals surface area contributed by atoms with E-state index in [1.165, 1.54) is 0 Å². The van der Waals surface area contributed by atoms with E-state index in [-0.39, 0.29) is 5.75 Å². The number of carboxylic acids is 1. The largest absolute Gasteiger partial charge is 0.544 e. The molecule has 5 nitrogen and oxygen atoms in total. The highest BCUT2D eigenvalue weighted by Gasteiger charge is 2.15. The maximum atomic E-state index is 10.9. The van der Waals surface area contributed by atoms with Crippen molar-refractivity contribution < 1.29 is 25.5 Å². The van der Waals surface area contributed by atoms with Crippen molar-refractivity contribution in [2.24, 2.45) is 0 Å². The van der Waals surface area contributed by atoms with Gasteiger partial charge in [0, 0.05) is 17.2 Å². The second-order valence-electron chi connectivity index (χ2n) is 5.84. The zero-order valence-electron chi connectivity index (χ0n) is 13.5. The fourth-order valence-corrected chi connectivity index (χ4v) is 4.77. The molecule has 3 rings (SSSR count). The summed E-state index contributed by atoms with van der Waals surface area (Å²) < 4.78 is 7.88. The molecule has 0 saturated heterocycles. The Kier molecular flexibility index (Phi) is 5.88. The number of ether oxygens (including phenoxy) is 1. The minimum atomic E-state index is -1.16. The highest BCUT2D eigenvalue weighted by atomic mass is 127. The first kappa shape index (κ1) is 19.2. The summed E-state index contributed by atoms with van der Waals surface area (Å²) in [5.74, 6) is 0.383. The fraction of sp³-hybridized carbons (Fsp3) is 0.105. The summed E-state index contributed by atoms with van der Waals surface area (Å²) in [5.41, 5.74) is 4.47. The van der Waals surface area contributed by atoms with Crippen LogP contribution in [0.3, 0.4) is 0 Å². The number of hydrogen-bond acceptors (Lipinski definition) is 4. The van der Waals surface area contributed by atoms with Gasteiger partial charge in [-0.25, -0.2) is 0 Å². The van der Waals surface area contributed by atoms with Crippen LogP contribution in [0.4, 0.5) is 0 Å². The summed E-state index contributed by atoms with van der Waals surface area (Å²) in [7, 11) is 0. The molecule has 26 heavy (non-hydrogen) atoms. The predicted molar refractivity (Wildman–Crippen MR) is 113 cm³/mol. The summed E-state index contributed by atoms with van der Waals surface area (Å²) >= 11 is 4.34. The van der Waals surface area contributed by atoms with Crippen molar-refractivity contribution in [2.75, 3.05) is 0 Å². The predicted octanol–water partition coefficient (Wildman–Crippen LogP) is 2.45. The molecule has 3 aromatic carbocycles. The second-order valence-corrected chi connectivity index (χ2v) is 8.16. The quantitative estimate of drug-likeness (QED) is 0.458. The number of benzene rings is 3. The van der Waals surface area contributed by atoms with Gasteiger partial charge in [-0.1, -0.05) is 24.3 Å². The Morgan fingerprint density at radius 1 is 1.12 bits per heavy atom. The molecule has 0 bridgehead atoms. The zero-order chi connectivity index (χ0) is 18.8. The van der Waals surface area contributed by atoms with Crippen LogP contribution in [0.15, 0.2) is 48.5 Å². The lowest BCUT2D eigenvalue weighted by molar-refractivity contribution is -0.437. The number of halogens is 2. The SMILES string of the molecule is [NH3+]C(Cc1cc(I)c(Oc2ccc(O)c3ccccc23)c(I)c1)C(=O)[O-]. The van der Waals surface area contributed by atoms with Crippen LogP contribution in [0.5, 0.6) is 17.2 Å².